The molecule has 1 unspecified atom stereocenters. The van der Waals surface area contributed by atoms with Crippen molar-refractivity contribution in [1.29, 1.82) is 0 Å². The van der Waals surface area contributed by atoms with Crippen molar-refractivity contribution in [3.05, 3.63) is 29.3 Å². The molecule has 2 rings (SSSR count). The van der Waals surface area contributed by atoms with Crippen molar-refractivity contribution in [2.75, 3.05) is 11.4 Å². The smallest absolute Gasteiger partial charge is 0.0747 e. The second-order valence-electron chi connectivity index (χ2n) is 5.16. The van der Waals surface area contributed by atoms with E-state index in [2.05, 4.69) is 36.9 Å². The summed E-state index contributed by atoms with van der Waals surface area (Å²) in [7, 11) is 0. The maximum absolute atomic E-state index is 5.72. The molecule has 0 saturated heterocycles. The summed E-state index contributed by atoms with van der Waals surface area (Å²) in [5.74, 6) is 0. The second kappa shape index (κ2) is 5.70. The van der Waals surface area contributed by atoms with E-state index in [1.54, 1.807) is 0 Å². The SMILES string of the molecule is CCC(CC(N)=S)N1CCCc2cc(C)ccc21. The Morgan fingerprint density at radius 2 is 2.28 bits per heavy atom. The summed E-state index contributed by atoms with van der Waals surface area (Å²) in [6.45, 7) is 5.49. The van der Waals surface area contributed by atoms with Crippen LogP contribution in [0.15, 0.2) is 18.2 Å². The first-order valence-electron chi connectivity index (χ1n) is 6.76. The van der Waals surface area contributed by atoms with E-state index in [4.69, 9.17) is 18.0 Å². The highest BCUT2D eigenvalue weighted by atomic mass is 32.1. The monoisotopic (exact) mass is 262 g/mol. The number of anilines is 1. The van der Waals surface area contributed by atoms with Gasteiger partial charge in [0, 0.05) is 24.7 Å². The molecule has 0 aromatic heterocycles. The summed E-state index contributed by atoms with van der Waals surface area (Å²) in [6.07, 6.45) is 4.32. The first kappa shape index (κ1) is 13.3. The molecule has 0 saturated carbocycles. The highest BCUT2D eigenvalue weighted by Gasteiger charge is 2.23. The molecule has 0 bridgehead atoms. The van der Waals surface area contributed by atoms with E-state index in [0.29, 0.717) is 11.0 Å². The first-order valence-corrected chi connectivity index (χ1v) is 7.17. The fraction of sp³-hybridized carbons (Fsp3) is 0.533. The molecule has 0 fully saturated rings. The molecule has 1 aromatic rings. The van der Waals surface area contributed by atoms with E-state index >= 15 is 0 Å². The summed E-state index contributed by atoms with van der Waals surface area (Å²) in [6, 6.07) is 7.22. The van der Waals surface area contributed by atoms with Gasteiger partial charge in [-0.3, -0.25) is 0 Å². The largest absolute Gasteiger partial charge is 0.393 e. The van der Waals surface area contributed by atoms with E-state index < -0.39 is 0 Å². The van der Waals surface area contributed by atoms with E-state index in [0.717, 1.165) is 19.4 Å². The van der Waals surface area contributed by atoms with Gasteiger partial charge in [-0.2, -0.15) is 0 Å². The Kier molecular flexibility index (Phi) is 4.23. The molecule has 0 radical (unpaired) electrons. The van der Waals surface area contributed by atoms with Gasteiger partial charge in [0.05, 0.1) is 4.99 Å². The van der Waals surface area contributed by atoms with Crippen molar-refractivity contribution in [2.24, 2.45) is 5.73 Å². The van der Waals surface area contributed by atoms with Gasteiger partial charge >= 0.3 is 0 Å². The number of aryl methyl sites for hydroxylation is 2. The lowest BCUT2D eigenvalue weighted by molar-refractivity contribution is 0.559. The van der Waals surface area contributed by atoms with Gasteiger partial charge in [-0.1, -0.05) is 36.8 Å². The zero-order chi connectivity index (χ0) is 13.1. The molecular formula is C15H22N2S. The number of hydrogen-bond acceptors (Lipinski definition) is 2. The summed E-state index contributed by atoms with van der Waals surface area (Å²) in [5, 5.41) is 0. The summed E-state index contributed by atoms with van der Waals surface area (Å²) in [4.78, 5) is 3.12. The van der Waals surface area contributed by atoms with Crippen molar-refractivity contribution in [3.8, 4) is 0 Å². The number of rotatable bonds is 4. The molecule has 2 nitrogen and oxygen atoms in total. The van der Waals surface area contributed by atoms with Gasteiger partial charge in [-0.05, 0) is 37.8 Å². The Hall–Kier alpha value is -1.09. The topological polar surface area (TPSA) is 29.3 Å². The van der Waals surface area contributed by atoms with E-state index in [-0.39, 0.29) is 0 Å². The Morgan fingerprint density at radius 3 is 2.94 bits per heavy atom. The minimum Gasteiger partial charge on any atom is -0.393 e. The standard InChI is InChI=1S/C15H22N2S/c1-3-13(10-15(16)18)17-8-4-5-12-9-11(2)6-7-14(12)17/h6-7,9,13H,3-5,8,10H2,1-2H3,(H2,16,18). The van der Waals surface area contributed by atoms with Crippen molar-refractivity contribution in [2.45, 2.75) is 45.6 Å². The minimum atomic E-state index is 0.448. The second-order valence-corrected chi connectivity index (χ2v) is 5.69. The van der Waals surface area contributed by atoms with Crippen LogP contribution in [-0.2, 0) is 6.42 Å². The highest BCUT2D eigenvalue weighted by Crippen LogP contribution is 2.31. The molecule has 1 aliphatic rings. The molecule has 3 heteroatoms. The van der Waals surface area contributed by atoms with Crippen molar-refractivity contribution in [3.63, 3.8) is 0 Å². The number of thiocarbonyl (C=S) groups is 1. The van der Waals surface area contributed by atoms with Crippen LogP contribution in [0.2, 0.25) is 0 Å². The Bertz CT molecular complexity index is 442. The lowest BCUT2D eigenvalue weighted by atomic mass is 9.96. The predicted molar refractivity (Wildman–Crippen MR) is 82.3 cm³/mol. The Labute approximate surface area is 115 Å². The van der Waals surface area contributed by atoms with E-state index in [1.165, 1.54) is 29.7 Å². The number of fused-ring (bicyclic) bond motifs is 1. The summed E-state index contributed by atoms with van der Waals surface area (Å²) >= 11 is 5.08. The molecule has 0 amide bonds. The Balaban J connectivity index is 2.28. The van der Waals surface area contributed by atoms with Crippen molar-refractivity contribution < 1.29 is 0 Å². The third kappa shape index (κ3) is 2.83. The van der Waals surface area contributed by atoms with Crippen LogP contribution in [0.4, 0.5) is 5.69 Å². The van der Waals surface area contributed by atoms with Gasteiger partial charge in [-0.25, -0.2) is 0 Å². The molecule has 18 heavy (non-hydrogen) atoms. The normalized spacial score (nSPS) is 16.2. The lowest BCUT2D eigenvalue weighted by Crippen LogP contribution is -2.40. The maximum atomic E-state index is 5.72. The van der Waals surface area contributed by atoms with Gasteiger partial charge < -0.3 is 10.6 Å². The molecule has 0 spiro atoms. The molecule has 1 aromatic carbocycles. The van der Waals surface area contributed by atoms with Crippen LogP contribution in [0.3, 0.4) is 0 Å². The number of benzene rings is 1. The van der Waals surface area contributed by atoms with Gasteiger partial charge in [0.1, 0.15) is 0 Å². The number of nitrogens with zero attached hydrogens (tertiary/aromatic N) is 1. The van der Waals surface area contributed by atoms with Crippen LogP contribution in [0.1, 0.15) is 37.3 Å². The number of hydrogen-bond donors (Lipinski definition) is 1. The molecular weight excluding hydrogens is 240 g/mol. The van der Waals surface area contributed by atoms with Crippen LogP contribution >= 0.6 is 12.2 Å². The quantitative estimate of drug-likeness (QED) is 0.845. The zero-order valence-electron chi connectivity index (χ0n) is 11.3. The minimum absolute atomic E-state index is 0.448. The third-order valence-corrected chi connectivity index (χ3v) is 3.91. The lowest BCUT2D eigenvalue weighted by Gasteiger charge is -2.37. The predicted octanol–water partition coefficient (Wildman–Crippen LogP) is 3.20. The highest BCUT2D eigenvalue weighted by molar-refractivity contribution is 7.80. The van der Waals surface area contributed by atoms with Crippen molar-refractivity contribution >= 4 is 22.9 Å². The van der Waals surface area contributed by atoms with Crippen LogP contribution < -0.4 is 10.6 Å². The fourth-order valence-corrected chi connectivity index (χ4v) is 3.03. The zero-order valence-corrected chi connectivity index (χ0v) is 12.1. The van der Waals surface area contributed by atoms with Gasteiger partial charge in [0.2, 0.25) is 0 Å². The molecule has 1 aliphatic heterocycles. The van der Waals surface area contributed by atoms with Gasteiger partial charge in [0.15, 0.2) is 0 Å². The van der Waals surface area contributed by atoms with Gasteiger partial charge in [0.25, 0.3) is 0 Å². The maximum Gasteiger partial charge on any atom is 0.0747 e. The Morgan fingerprint density at radius 1 is 1.50 bits per heavy atom. The fourth-order valence-electron chi connectivity index (χ4n) is 2.84. The summed E-state index contributed by atoms with van der Waals surface area (Å²) in [5.41, 5.74) is 9.93. The first-order chi connectivity index (χ1) is 8.61. The summed E-state index contributed by atoms with van der Waals surface area (Å²) < 4.78 is 0. The number of nitrogens with two attached hydrogens (primary N) is 1. The molecule has 1 atom stereocenters. The van der Waals surface area contributed by atoms with Crippen LogP contribution in [0.25, 0.3) is 0 Å². The third-order valence-electron chi connectivity index (χ3n) is 3.74. The van der Waals surface area contributed by atoms with Crippen LogP contribution in [-0.4, -0.2) is 17.6 Å². The van der Waals surface area contributed by atoms with E-state index in [1.807, 2.05) is 0 Å². The molecule has 2 N–H and O–H groups in total. The van der Waals surface area contributed by atoms with E-state index in [9.17, 15) is 0 Å². The van der Waals surface area contributed by atoms with Crippen LogP contribution in [0, 0.1) is 6.92 Å². The van der Waals surface area contributed by atoms with Gasteiger partial charge in [-0.15, -0.1) is 0 Å². The molecule has 0 aliphatic carbocycles. The molecule has 98 valence electrons. The molecule has 1 heterocycles. The average molecular weight is 262 g/mol. The van der Waals surface area contributed by atoms with Crippen LogP contribution in [0.5, 0.6) is 0 Å². The van der Waals surface area contributed by atoms with Crippen molar-refractivity contribution in [1.82, 2.24) is 0 Å². The average Bonchev–Trinajstić information content (AvgIpc) is 2.34.